The molecule has 0 amide bonds. The molecule has 0 heterocycles. The Bertz CT molecular complexity index is 324. The van der Waals surface area contributed by atoms with Crippen molar-refractivity contribution in [2.75, 3.05) is 0 Å². The van der Waals surface area contributed by atoms with Gasteiger partial charge in [-0.3, -0.25) is 4.55 Å². The lowest BCUT2D eigenvalue weighted by atomic mass is 9.99. The summed E-state index contributed by atoms with van der Waals surface area (Å²) in [6.07, 6.45) is 5.21. The van der Waals surface area contributed by atoms with Gasteiger partial charge in [-0.1, -0.05) is 30.7 Å². The van der Waals surface area contributed by atoms with Crippen LogP contribution < -0.4 is 0 Å². The summed E-state index contributed by atoms with van der Waals surface area (Å²) in [6.45, 7) is 3.57. The second-order valence-corrected chi connectivity index (χ2v) is 4.68. The molecule has 0 spiro atoms. The first-order valence-electron chi connectivity index (χ1n) is 3.74. The zero-order chi connectivity index (χ0) is 9.35. The lowest BCUT2D eigenvalue weighted by molar-refractivity contribution is 0.463. The van der Waals surface area contributed by atoms with Crippen molar-refractivity contribution in [1.82, 2.24) is 0 Å². The van der Waals surface area contributed by atoms with Crippen molar-refractivity contribution in [1.29, 1.82) is 0 Å². The molecule has 1 aliphatic carbocycles. The average molecular weight is 188 g/mol. The van der Waals surface area contributed by atoms with Gasteiger partial charge >= 0.3 is 0 Å². The van der Waals surface area contributed by atoms with E-state index in [9.17, 15) is 8.42 Å². The third-order valence-corrected chi connectivity index (χ3v) is 3.21. The minimum absolute atomic E-state index is 0.149. The van der Waals surface area contributed by atoms with Gasteiger partial charge in [-0.25, -0.2) is 0 Å². The van der Waals surface area contributed by atoms with E-state index in [0.29, 0.717) is 0 Å². The van der Waals surface area contributed by atoms with E-state index in [4.69, 9.17) is 4.55 Å². The summed E-state index contributed by atoms with van der Waals surface area (Å²) >= 11 is 0. The second kappa shape index (κ2) is 3.03. The number of allylic oxidation sites excluding steroid dienone is 3. The predicted molar refractivity (Wildman–Crippen MR) is 47.4 cm³/mol. The first-order chi connectivity index (χ1) is 5.41. The molecular weight excluding hydrogens is 176 g/mol. The van der Waals surface area contributed by atoms with Crippen LogP contribution >= 0.6 is 0 Å². The molecule has 0 saturated heterocycles. The minimum Gasteiger partial charge on any atom is -0.285 e. The molecule has 0 aromatic heterocycles. The third-order valence-electron chi connectivity index (χ3n) is 1.95. The standard InChI is InChI=1S/C8H12O3S/c1-6-3-4-7(2)8(5-6)12(9,10)11/h3-5,7-8H,1-2H3,(H,9,10,11). The van der Waals surface area contributed by atoms with E-state index in [2.05, 4.69) is 0 Å². The van der Waals surface area contributed by atoms with Crippen LogP contribution in [-0.4, -0.2) is 18.2 Å². The highest BCUT2D eigenvalue weighted by molar-refractivity contribution is 7.86. The van der Waals surface area contributed by atoms with Crippen LogP contribution in [0.1, 0.15) is 13.8 Å². The fraction of sp³-hybridized carbons (Fsp3) is 0.500. The van der Waals surface area contributed by atoms with Gasteiger partial charge in [0.05, 0.1) is 0 Å². The predicted octanol–water partition coefficient (Wildman–Crippen LogP) is 1.40. The molecule has 0 aliphatic heterocycles. The van der Waals surface area contributed by atoms with Crippen molar-refractivity contribution in [3.63, 3.8) is 0 Å². The van der Waals surface area contributed by atoms with E-state index in [0.717, 1.165) is 5.57 Å². The first-order valence-corrected chi connectivity index (χ1v) is 5.24. The number of hydrogen-bond acceptors (Lipinski definition) is 2. The van der Waals surface area contributed by atoms with Crippen LogP contribution in [-0.2, 0) is 10.1 Å². The van der Waals surface area contributed by atoms with Crippen LogP contribution in [0.2, 0.25) is 0 Å². The molecule has 1 N–H and O–H groups in total. The van der Waals surface area contributed by atoms with Gasteiger partial charge in [-0.05, 0) is 12.8 Å². The van der Waals surface area contributed by atoms with Crippen LogP contribution in [0, 0.1) is 5.92 Å². The Labute approximate surface area is 72.5 Å². The molecule has 68 valence electrons. The largest absolute Gasteiger partial charge is 0.285 e. The Morgan fingerprint density at radius 2 is 2.08 bits per heavy atom. The zero-order valence-corrected chi connectivity index (χ0v) is 7.88. The van der Waals surface area contributed by atoms with Crippen molar-refractivity contribution in [2.24, 2.45) is 5.92 Å². The Hall–Kier alpha value is -0.610. The maximum Gasteiger partial charge on any atom is 0.271 e. The van der Waals surface area contributed by atoms with Gasteiger partial charge in [-0.2, -0.15) is 8.42 Å². The molecule has 4 heteroatoms. The van der Waals surface area contributed by atoms with E-state index in [-0.39, 0.29) is 5.92 Å². The monoisotopic (exact) mass is 188 g/mol. The summed E-state index contributed by atoms with van der Waals surface area (Å²) in [5, 5.41) is -0.775. The quantitative estimate of drug-likeness (QED) is 0.633. The third kappa shape index (κ3) is 1.95. The van der Waals surface area contributed by atoms with Gasteiger partial charge in [-0.15, -0.1) is 0 Å². The lowest BCUT2D eigenvalue weighted by Crippen LogP contribution is -2.26. The van der Waals surface area contributed by atoms with E-state index < -0.39 is 15.4 Å². The van der Waals surface area contributed by atoms with Crippen molar-refractivity contribution in [3.05, 3.63) is 23.8 Å². The summed E-state index contributed by atoms with van der Waals surface area (Å²) in [5.74, 6) is -0.149. The van der Waals surface area contributed by atoms with Gasteiger partial charge < -0.3 is 0 Å². The Kier molecular flexibility index (Phi) is 2.39. The highest BCUT2D eigenvalue weighted by atomic mass is 32.2. The maximum absolute atomic E-state index is 10.8. The molecular formula is C8H12O3S. The van der Waals surface area contributed by atoms with E-state index in [1.165, 1.54) is 0 Å². The Balaban J connectivity index is 3.01. The van der Waals surface area contributed by atoms with Crippen LogP contribution in [0.15, 0.2) is 23.8 Å². The summed E-state index contributed by atoms with van der Waals surface area (Å²) in [7, 11) is -3.94. The minimum atomic E-state index is -3.94. The van der Waals surface area contributed by atoms with E-state index in [1.54, 1.807) is 26.0 Å². The second-order valence-electron chi connectivity index (χ2n) is 3.11. The maximum atomic E-state index is 10.8. The zero-order valence-electron chi connectivity index (χ0n) is 7.06. The highest BCUT2D eigenvalue weighted by Crippen LogP contribution is 2.21. The fourth-order valence-corrected chi connectivity index (χ4v) is 2.26. The molecule has 0 radical (unpaired) electrons. The lowest BCUT2D eigenvalue weighted by Gasteiger charge is -2.18. The Morgan fingerprint density at radius 3 is 2.50 bits per heavy atom. The number of hydrogen-bond donors (Lipinski definition) is 1. The summed E-state index contributed by atoms with van der Waals surface area (Å²) in [4.78, 5) is 0. The van der Waals surface area contributed by atoms with Crippen molar-refractivity contribution in [3.8, 4) is 0 Å². The Morgan fingerprint density at radius 1 is 1.50 bits per heavy atom. The number of rotatable bonds is 1. The van der Waals surface area contributed by atoms with Crippen LogP contribution in [0.4, 0.5) is 0 Å². The van der Waals surface area contributed by atoms with Crippen molar-refractivity contribution >= 4 is 10.1 Å². The summed E-state index contributed by atoms with van der Waals surface area (Å²) in [6, 6.07) is 0. The van der Waals surface area contributed by atoms with Gasteiger partial charge in [0, 0.05) is 0 Å². The highest BCUT2D eigenvalue weighted by Gasteiger charge is 2.27. The van der Waals surface area contributed by atoms with Crippen molar-refractivity contribution < 1.29 is 13.0 Å². The SMILES string of the molecule is CC1=CC(S(=O)(=O)O)C(C)C=C1. The molecule has 1 aliphatic rings. The molecule has 2 atom stereocenters. The van der Waals surface area contributed by atoms with Gasteiger partial charge in [0.1, 0.15) is 5.25 Å². The van der Waals surface area contributed by atoms with E-state index in [1.807, 2.05) is 6.08 Å². The smallest absolute Gasteiger partial charge is 0.271 e. The molecule has 0 saturated carbocycles. The average Bonchev–Trinajstić information content (AvgIpc) is 1.92. The van der Waals surface area contributed by atoms with Gasteiger partial charge in [0.15, 0.2) is 0 Å². The molecule has 0 aromatic rings. The molecule has 0 fully saturated rings. The van der Waals surface area contributed by atoms with E-state index >= 15 is 0 Å². The molecule has 2 unspecified atom stereocenters. The van der Waals surface area contributed by atoms with Gasteiger partial charge in [0.2, 0.25) is 0 Å². The fourth-order valence-electron chi connectivity index (χ4n) is 1.24. The van der Waals surface area contributed by atoms with Gasteiger partial charge in [0.25, 0.3) is 10.1 Å². The molecule has 3 nitrogen and oxygen atoms in total. The normalized spacial score (nSPS) is 30.1. The van der Waals surface area contributed by atoms with Crippen molar-refractivity contribution in [2.45, 2.75) is 19.1 Å². The summed E-state index contributed by atoms with van der Waals surface area (Å²) < 4.78 is 30.5. The van der Waals surface area contributed by atoms with Crippen LogP contribution in [0.25, 0.3) is 0 Å². The summed E-state index contributed by atoms with van der Waals surface area (Å²) in [5.41, 5.74) is 0.871. The van der Waals surface area contributed by atoms with Crippen LogP contribution in [0.5, 0.6) is 0 Å². The molecule has 0 bridgehead atoms. The first kappa shape index (κ1) is 9.48. The van der Waals surface area contributed by atoms with Crippen LogP contribution in [0.3, 0.4) is 0 Å². The molecule has 12 heavy (non-hydrogen) atoms. The molecule has 1 rings (SSSR count). The topological polar surface area (TPSA) is 54.4 Å². The molecule has 0 aromatic carbocycles.